The fourth-order valence-electron chi connectivity index (χ4n) is 3.43. The van der Waals surface area contributed by atoms with Crippen LogP contribution in [0.3, 0.4) is 0 Å². The van der Waals surface area contributed by atoms with Gasteiger partial charge in [-0.05, 0) is 50.1 Å². The van der Waals surface area contributed by atoms with Gasteiger partial charge in [0.05, 0.1) is 26.2 Å². The maximum absolute atomic E-state index is 13.6. The van der Waals surface area contributed by atoms with E-state index in [1.54, 1.807) is 13.0 Å². The molecular weight excluding hydrogens is 550 g/mol. The number of methoxy groups -OCH3 is 2. The second kappa shape index (κ2) is 13.0. The highest BCUT2D eigenvalue weighted by Gasteiger charge is 2.30. The van der Waals surface area contributed by atoms with Gasteiger partial charge in [0.15, 0.2) is 11.5 Å². The van der Waals surface area contributed by atoms with E-state index in [9.17, 15) is 18.0 Å². The molecule has 11 heteroatoms. The lowest BCUT2D eigenvalue weighted by Gasteiger charge is -2.32. The van der Waals surface area contributed by atoms with Gasteiger partial charge in [-0.1, -0.05) is 35.0 Å². The zero-order valence-corrected chi connectivity index (χ0v) is 23.9. The molecule has 0 radical (unpaired) electrons. The second-order valence-corrected chi connectivity index (χ2v) is 11.3. The van der Waals surface area contributed by atoms with Crippen LogP contribution in [0.15, 0.2) is 46.9 Å². The molecule has 0 saturated heterocycles. The van der Waals surface area contributed by atoms with Crippen LogP contribution in [0.5, 0.6) is 11.5 Å². The van der Waals surface area contributed by atoms with Crippen molar-refractivity contribution in [2.24, 2.45) is 0 Å². The first-order valence-corrected chi connectivity index (χ1v) is 14.1. The lowest BCUT2D eigenvalue weighted by Crippen LogP contribution is -2.52. The van der Waals surface area contributed by atoms with Crippen molar-refractivity contribution < 1.29 is 27.5 Å². The maximum atomic E-state index is 13.6. The third kappa shape index (κ3) is 7.86. The van der Waals surface area contributed by atoms with Gasteiger partial charge in [-0.25, -0.2) is 8.42 Å². The van der Waals surface area contributed by atoms with Gasteiger partial charge in [0.25, 0.3) is 0 Å². The van der Waals surface area contributed by atoms with E-state index in [2.05, 4.69) is 21.2 Å². The molecule has 36 heavy (non-hydrogen) atoms. The zero-order chi connectivity index (χ0) is 27.0. The Bertz CT molecular complexity index is 1160. The van der Waals surface area contributed by atoms with Crippen molar-refractivity contribution in [2.45, 2.75) is 45.8 Å². The predicted octanol–water partition coefficient (Wildman–Crippen LogP) is 3.56. The summed E-state index contributed by atoms with van der Waals surface area (Å²) in [6, 6.07) is 11.1. The monoisotopic (exact) mass is 583 g/mol. The lowest BCUT2D eigenvalue weighted by molar-refractivity contribution is -0.139. The van der Waals surface area contributed by atoms with E-state index in [1.807, 2.05) is 38.1 Å². The summed E-state index contributed by atoms with van der Waals surface area (Å²) in [6.45, 7) is 5.10. The number of carbonyl (C=O) groups is 2. The van der Waals surface area contributed by atoms with Gasteiger partial charge in [-0.3, -0.25) is 13.9 Å². The third-order valence-electron chi connectivity index (χ3n) is 5.77. The number of ether oxygens (including phenoxy) is 2. The van der Waals surface area contributed by atoms with Gasteiger partial charge in [0.2, 0.25) is 21.8 Å². The first-order valence-electron chi connectivity index (χ1n) is 11.4. The van der Waals surface area contributed by atoms with Crippen molar-refractivity contribution in [3.63, 3.8) is 0 Å². The van der Waals surface area contributed by atoms with E-state index < -0.39 is 28.5 Å². The van der Waals surface area contributed by atoms with Crippen molar-refractivity contribution in [1.29, 1.82) is 0 Å². The number of anilines is 1. The fraction of sp³-hybridized carbons (Fsp3) is 0.440. The molecule has 2 atom stereocenters. The molecule has 0 aliphatic carbocycles. The first kappa shape index (κ1) is 29.4. The van der Waals surface area contributed by atoms with Crippen molar-refractivity contribution in [3.8, 4) is 11.5 Å². The van der Waals surface area contributed by atoms with Crippen LogP contribution in [-0.2, 0) is 26.2 Å². The number of nitrogens with zero attached hydrogens (tertiary/aromatic N) is 2. The minimum Gasteiger partial charge on any atom is -0.493 e. The minimum absolute atomic E-state index is 0.0659. The molecule has 0 aromatic heterocycles. The largest absolute Gasteiger partial charge is 0.493 e. The van der Waals surface area contributed by atoms with Gasteiger partial charge in [-0.15, -0.1) is 0 Å². The number of hydrogen-bond acceptors (Lipinski definition) is 6. The van der Waals surface area contributed by atoms with E-state index in [1.165, 1.54) is 31.3 Å². The molecule has 0 bridgehead atoms. The number of benzene rings is 2. The molecule has 198 valence electrons. The Kier molecular flexibility index (Phi) is 10.6. The van der Waals surface area contributed by atoms with E-state index >= 15 is 0 Å². The lowest BCUT2D eigenvalue weighted by atomic mass is 10.1. The minimum atomic E-state index is -3.86. The van der Waals surface area contributed by atoms with Crippen LogP contribution in [0.25, 0.3) is 0 Å². The molecule has 0 aliphatic rings. The Balaban J connectivity index is 2.43. The summed E-state index contributed by atoms with van der Waals surface area (Å²) in [5.41, 5.74) is 1.04. The van der Waals surface area contributed by atoms with Gasteiger partial charge in [-0.2, -0.15) is 0 Å². The smallest absolute Gasteiger partial charge is 0.244 e. The molecule has 0 heterocycles. The van der Waals surface area contributed by atoms with Crippen LogP contribution < -0.4 is 19.1 Å². The van der Waals surface area contributed by atoms with Gasteiger partial charge in [0, 0.05) is 23.1 Å². The van der Waals surface area contributed by atoms with Crippen LogP contribution in [0.4, 0.5) is 5.69 Å². The number of halogens is 1. The number of sulfonamides is 1. The van der Waals surface area contributed by atoms with Crippen LogP contribution in [-0.4, -0.2) is 64.2 Å². The molecular formula is C25H34BrN3O6S. The standard InChI is InChI=1S/C25H34BrN3O6S/c1-7-17(2)27-25(31)18(3)28(15-19-8-10-20(26)11-9-19)24(30)16-29(36(6,32)33)21-12-13-22(34-4)23(14-21)35-5/h8-14,17-18H,7,15-16H2,1-6H3,(H,27,31). The molecule has 2 aromatic carbocycles. The van der Waals surface area contributed by atoms with E-state index in [4.69, 9.17) is 9.47 Å². The Morgan fingerprint density at radius 2 is 1.64 bits per heavy atom. The van der Waals surface area contributed by atoms with Crippen LogP contribution in [0.1, 0.15) is 32.8 Å². The number of amides is 2. The zero-order valence-electron chi connectivity index (χ0n) is 21.4. The number of hydrogen-bond donors (Lipinski definition) is 1. The van der Waals surface area contributed by atoms with Gasteiger partial charge in [0.1, 0.15) is 12.6 Å². The van der Waals surface area contributed by atoms with Crippen molar-refractivity contribution >= 4 is 43.5 Å². The van der Waals surface area contributed by atoms with Gasteiger partial charge >= 0.3 is 0 Å². The van der Waals surface area contributed by atoms with E-state index in [0.29, 0.717) is 11.5 Å². The molecule has 2 aromatic rings. The first-order chi connectivity index (χ1) is 16.9. The summed E-state index contributed by atoms with van der Waals surface area (Å²) in [5, 5.41) is 2.90. The van der Waals surface area contributed by atoms with Crippen LogP contribution >= 0.6 is 15.9 Å². The average Bonchev–Trinajstić information content (AvgIpc) is 2.85. The SMILES string of the molecule is CCC(C)NC(=O)C(C)N(Cc1ccc(Br)cc1)C(=O)CN(c1ccc(OC)c(OC)c1)S(C)(=O)=O. The van der Waals surface area contributed by atoms with E-state index in [0.717, 1.165) is 27.0 Å². The molecule has 0 spiro atoms. The molecule has 0 saturated carbocycles. The Hall–Kier alpha value is -2.79. The Labute approximate surface area is 221 Å². The highest BCUT2D eigenvalue weighted by molar-refractivity contribution is 9.10. The quantitative estimate of drug-likeness (QED) is 0.409. The molecule has 2 unspecified atom stereocenters. The molecule has 0 aliphatic heterocycles. The Morgan fingerprint density at radius 1 is 1.03 bits per heavy atom. The van der Waals surface area contributed by atoms with Crippen LogP contribution in [0, 0.1) is 0 Å². The molecule has 2 amide bonds. The second-order valence-electron chi connectivity index (χ2n) is 8.45. The molecule has 2 rings (SSSR count). The van der Waals surface area contributed by atoms with Gasteiger partial charge < -0.3 is 19.7 Å². The van der Waals surface area contributed by atoms with Crippen molar-refractivity contribution in [3.05, 3.63) is 52.5 Å². The number of nitrogens with one attached hydrogen (secondary N) is 1. The maximum Gasteiger partial charge on any atom is 0.244 e. The normalized spacial score (nSPS) is 12.9. The molecule has 1 N–H and O–H groups in total. The summed E-state index contributed by atoms with van der Waals surface area (Å²) >= 11 is 3.39. The predicted molar refractivity (Wildman–Crippen MR) is 144 cm³/mol. The van der Waals surface area contributed by atoms with Crippen molar-refractivity contribution in [2.75, 3.05) is 31.3 Å². The highest BCUT2D eigenvalue weighted by Crippen LogP contribution is 2.32. The summed E-state index contributed by atoms with van der Waals surface area (Å²) in [6.07, 6.45) is 1.76. The van der Waals surface area contributed by atoms with E-state index in [-0.39, 0.29) is 24.2 Å². The number of carbonyl (C=O) groups excluding carboxylic acids is 2. The Morgan fingerprint density at radius 3 is 2.17 bits per heavy atom. The summed E-state index contributed by atoms with van der Waals surface area (Å²) < 4.78 is 37.9. The highest BCUT2D eigenvalue weighted by atomic mass is 79.9. The van der Waals surface area contributed by atoms with Crippen LogP contribution in [0.2, 0.25) is 0 Å². The fourth-order valence-corrected chi connectivity index (χ4v) is 4.53. The van der Waals surface area contributed by atoms with Crippen molar-refractivity contribution in [1.82, 2.24) is 10.2 Å². The molecule has 0 fully saturated rings. The summed E-state index contributed by atoms with van der Waals surface area (Å²) in [4.78, 5) is 27.9. The summed E-state index contributed by atoms with van der Waals surface area (Å²) in [7, 11) is -0.943. The third-order valence-corrected chi connectivity index (χ3v) is 7.44. The average molecular weight is 585 g/mol. The number of rotatable bonds is 12. The topological polar surface area (TPSA) is 105 Å². The summed E-state index contributed by atoms with van der Waals surface area (Å²) in [5.74, 6) is -0.0888. The molecule has 9 nitrogen and oxygen atoms in total.